The number of rotatable bonds is 6. The second-order valence-corrected chi connectivity index (χ2v) is 12.3. The van der Waals surface area contributed by atoms with E-state index in [2.05, 4.69) is 32.7 Å². The van der Waals surface area contributed by atoms with Gasteiger partial charge in [0, 0.05) is 60.2 Å². The molecule has 2 aromatic carbocycles. The first kappa shape index (κ1) is 25.8. The van der Waals surface area contributed by atoms with Gasteiger partial charge in [0.2, 0.25) is 15.8 Å². The number of fused-ring (bicyclic) bond motifs is 1. The molecule has 202 valence electrons. The second kappa shape index (κ2) is 10.6. The quantitative estimate of drug-likeness (QED) is 0.351. The zero-order valence-corrected chi connectivity index (χ0v) is 22.9. The number of nitrogens with zero attached hydrogens (tertiary/aromatic N) is 4. The number of halogens is 1. The lowest BCUT2D eigenvalue weighted by Gasteiger charge is -2.29. The summed E-state index contributed by atoms with van der Waals surface area (Å²) in [5.74, 6) is 0.344. The van der Waals surface area contributed by atoms with Gasteiger partial charge < -0.3 is 15.5 Å². The van der Waals surface area contributed by atoms with E-state index in [0.29, 0.717) is 22.0 Å². The Morgan fingerprint density at radius 3 is 2.36 bits per heavy atom. The molecule has 2 aromatic heterocycles. The molecule has 0 bridgehead atoms. The smallest absolute Gasteiger partial charge is 0.271 e. The molecule has 11 heteroatoms. The third-order valence-electron chi connectivity index (χ3n) is 7.45. The van der Waals surface area contributed by atoms with Crippen LogP contribution in [-0.2, 0) is 9.84 Å². The monoisotopic (exact) mass is 564 g/mol. The Hall–Kier alpha value is -3.47. The van der Waals surface area contributed by atoms with Gasteiger partial charge in [-0.1, -0.05) is 24.4 Å². The van der Waals surface area contributed by atoms with Crippen molar-refractivity contribution in [1.82, 2.24) is 19.9 Å². The largest absolute Gasteiger partial charge is 0.369 e. The van der Waals surface area contributed by atoms with Crippen molar-refractivity contribution in [2.24, 2.45) is 0 Å². The van der Waals surface area contributed by atoms with Crippen LogP contribution >= 0.6 is 11.6 Å². The number of hydrogen-bond donors (Lipinski definition) is 2. The third kappa shape index (κ3) is 5.11. The maximum absolute atomic E-state index is 13.8. The predicted molar refractivity (Wildman–Crippen MR) is 153 cm³/mol. The van der Waals surface area contributed by atoms with Crippen molar-refractivity contribution in [3.8, 4) is 0 Å². The summed E-state index contributed by atoms with van der Waals surface area (Å²) < 4.78 is 28.6. The van der Waals surface area contributed by atoms with Crippen molar-refractivity contribution < 1.29 is 8.42 Å². The van der Waals surface area contributed by atoms with Crippen LogP contribution in [0, 0.1) is 0 Å². The number of sulfone groups is 1. The van der Waals surface area contributed by atoms with Crippen molar-refractivity contribution in [1.29, 1.82) is 0 Å². The van der Waals surface area contributed by atoms with Crippen molar-refractivity contribution in [3.63, 3.8) is 0 Å². The van der Waals surface area contributed by atoms with Gasteiger partial charge in [0.25, 0.3) is 5.56 Å². The molecular formula is C28H29ClN6O3S. The van der Waals surface area contributed by atoms with E-state index in [4.69, 9.17) is 16.6 Å². The summed E-state index contributed by atoms with van der Waals surface area (Å²) in [6.45, 7) is 3.87. The number of aromatic nitrogens is 3. The van der Waals surface area contributed by atoms with E-state index in [1.807, 2.05) is 12.1 Å². The van der Waals surface area contributed by atoms with Gasteiger partial charge in [-0.2, -0.15) is 4.98 Å². The molecular weight excluding hydrogens is 536 g/mol. The van der Waals surface area contributed by atoms with Crippen LogP contribution in [0.3, 0.4) is 0 Å². The lowest BCUT2D eigenvalue weighted by Crippen LogP contribution is -2.43. The van der Waals surface area contributed by atoms with E-state index in [9.17, 15) is 13.2 Å². The Labute approximate surface area is 231 Å². The van der Waals surface area contributed by atoms with E-state index < -0.39 is 15.4 Å². The fourth-order valence-electron chi connectivity index (χ4n) is 5.40. The summed E-state index contributed by atoms with van der Waals surface area (Å²) in [6.07, 6.45) is 5.11. The Kier molecular flexibility index (Phi) is 7.01. The van der Waals surface area contributed by atoms with E-state index in [1.165, 1.54) is 30.3 Å². The highest BCUT2D eigenvalue weighted by Gasteiger charge is 2.28. The minimum atomic E-state index is -4.07. The minimum absolute atomic E-state index is 0.0183. The maximum Gasteiger partial charge on any atom is 0.271 e. The van der Waals surface area contributed by atoms with Crippen LogP contribution in [0.1, 0.15) is 31.7 Å². The molecule has 2 aliphatic rings. The Bertz CT molecular complexity index is 1660. The zero-order valence-electron chi connectivity index (χ0n) is 21.3. The molecule has 4 aromatic rings. The molecule has 2 fully saturated rings. The zero-order chi connectivity index (χ0) is 27.0. The third-order valence-corrected chi connectivity index (χ3v) is 9.47. The van der Waals surface area contributed by atoms with Crippen molar-refractivity contribution in [3.05, 3.63) is 76.2 Å². The number of nitrogens with one attached hydrogen (secondary N) is 2. The first-order valence-electron chi connectivity index (χ1n) is 13.2. The SMILES string of the molecule is O=c1c(S(=O)(=O)c2ccc(Cl)cc2)cc2cnc(Nc3ccc(N4CCNCC4)cc3)nc2n1C1CCCC1. The molecule has 0 unspecified atom stereocenters. The number of piperazine rings is 1. The van der Waals surface area contributed by atoms with Gasteiger partial charge in [-0.25, -0.2) is 13.4 Å². The molecule has 9 nitrogen and oxygen atoms in total. The topological polar surface area (TPSA) is 109 Å². The van der Waals surface area contributed by atoms with Gasteiger partial charge in [-0.3, -0.25) is 9.36 Å². The van der Waals surface area contributed by atoms with Crippen LogP contribution in [0.25, 0.3) is 11.0 Å². The fraction of sp³-hybridized carbons (Fsp3) is 0.321. The van der Waals surface area contributed by atoms with Crippen LogP contribution in [0.5, 0.6) is 0 Å². The highest BCUT2D eigenvalue weighted by molar-refractivity contribution is 7.91. The van der Waals surface area contributed by atoms with E-state index >= 15 is 0 Å². The standard InChI is InChI=1S/C28H29ClN6O3S/c29-20-5-11-24(12-6-20)39(37,38)25-17-19-18-31-28(33-26(19)35(27(25)36)23-3-1-2-4-23)32-21-7-9-22(10-8-21)34-15-13-30-14-16-34/h5-12,17-18,23,30H,1-4,13-16H2,(H,31,32,33). The molecule has 0 amide bonds. The summed E-state index contributed by atoms with van der Waals surface area (Å²) in [7, 11) is -4.07. The molecule has 3 heterocycles. The number of pyridine rings is 1. The molecule has 0 atom stereocenters. The molecule has 39 heavy (non-hydrogen) atoms. The molecule has 0 spiro atoms. The molecule has 1 aliphatic heterocycles. The second-order valence-electron chi connectivity index (χ2n) is 9.96. The first-order chi connectivity index (χ1) is 18.9. The normalized spacial score (nSPS) is 16.6. The molecule has 1 saturated heterocycles. The van der Waals surface area contributed by atoms with Gasteiger partial charge in [-0.05, 0) is 67.4 Å². The molecule has 1 aliphatic carbocycles. The van der Waals surface area contributed by atoms with Gasteiger partial charge in [0.05, 0.1) is 4.90 Å². The van der Waals surface area contributed by atoms with Crippen LogP contribution < -0.4 is 21.1 Å². The Balaban J connectivity index is 1.38. The summed E-state index contributed by atoms with van der Waals surface area (Å²) in [4.78, 5) is 25.0. The van der Waals surface area contributed by atoms with Gasteiger partial charge >= 0.3 is 0 Å². The number of benzene rings is 2. The fourth-order valence-corrected chi connectivity index (χ4v) is 6.88. The lowest BCUT2D eigenvalue weighted by molar-refractivity contribution is 0.508. The molecule has 0 radical (unpaired) electrons. The van der Waals surface area contributed by atoms with E-state index in [-0.39, 0.29) is 15.8 Å². The molecule has 2 N–H and O–H groups in total. The lowest BCUT2D eigenvalue weighted by atomic mass is 10.2. The van der Waals surface area contributed by atoms with Crippen LogP contribution in [-0.4, -0.2) is 49.1 Å². The molecule has 1 saturated carbocycles. The van der Waals surface area contributed by atoms with E-state index in [0.717, 1.165) is 63.2 Å². The van der Waals surface area contributed by atoms with Gasteiger partial charge in [0.1, 0.15) is 10.5 Å². The van der Waals surface area contributed by atoms with Crippen LogP contribution in [0.4, 0.5) is 17.3 Å². The number of anilines is 3. The highest BCUT2D eigenvalue weighted by atomic mass is 35.5. The van der Waals surface area contributed by atoms with Gasteiger partial charge in [-0.15, -0.1) is 0 Å². The first-order valence-corrected chi connectivity index (χ1v) is 15.0. The van der Waals surface area contributed by atoms with Crippen molar-refractivity contribution >= 4 is 49.8 Å². The van der Waals surface area contributed by atoms with E-state index in [1.54, 1.807) is 10.8 Å². The Morgan fingerprint density at radius 1 is 0.974 bits per heavy atom. The van der Waals surface area contributed by atoms with Crippen molar-refractivity contribution in [2.45, 2.75) is 41.5 Å². The van der Waals surface area contributed by atoms with Crippen LogP contribution in [0.15, 0.2) is 75.4 Å². The van der Waals surface area contributed by atoms with Gasteiger partial charge in [0.15, 0.2) is 0 Å². The van der Waals surface area contributed by atoms with Crippen molar-refractivity contribution in [2.75, 3.05) is 36.4 Å². The Morgan fingerprint density at radius 2 is 1.67 bits per heavy atom. The number of hydrogen-bond acceptors (Lipinski definition) is 8. The maximum atomic E-state index is 13.8. The summed E-state index contributed by atoms with van der Waals surface area (Å²) in [6, 6.07) is 15.2. The summed E-state index contributed by atoms with van der Waals surface area (Å²) in [5.41, 5.74) is 1.85. The predicted octanol–water partition coefficient (Wildman–Crippen LogP) is 4.55. The minimum Gasteiger partial charge on any atom is -0.369 e. The molecule has 6 rings (SSSR count). The highest BCUT2D eigenvalue weighted by Crippen LogP contribution is 2.32. The summed E-state index contributed by atoms with van der Waals surface area (Å²) >= 11 is 5.96. The summed E-state index contributed by atoms with van der Waals surface area (Å²) in [5, 5.41) is 7.51. The van der Waals surface area contributed by atoms with Crippen LogP contribution in [0.2, 0.25) is 5.02 Å². The average molecular weight is 565 g/mol. The average Bonchev–Trinajstić information content (AvgIpc) is 3.48.